The van der Waals surface area contributed by atoms with Gasteiger partial charge in [-0.1, -0.05) is 12.8 Å². The maximum absolute atomic E-state index is 3.69. The molecule has 6 atom stereocenters. The van der Waals surface area contributed by atoms with Crippen molar-refractivity contribution in [3.63, 3.8) is 0 Å². The molecule has 4 aliphatic rings. The zero-order chi connectivity index (χ0) is 10.5. The summed E-state index contributed by atoms with van der Waals surface area (Å²) in [6.45, 7) is 0. The van der Waals surface area contributed by atoms with Gasteiger partial charge in [0.1, 0.15) is 0 Å². The van der Waals surface area contributed by atoms with Crippen molar-refractivity contribution in [2.45, 2.75) is 63.5 Å². The smallest absolute Gasteiger partial charge is 0.0244 e. The third-order valence-electron chi connectivity index (χ3n) is 5.93. The largest absolute Gasteiger partial charge is 0.254 e. The highest BCUT2D eigenvalue weighted by Gasteiger charge is 2.42. The Bertz CT molecular complexity index is 250. The van der Waals surface area contributed by atoms with E-state index in [1.54, 1.807) is 0 Å². The molecule has 0 aromatic rings. The molecule has 0 aromatic heterocycles. The van der Waals surface area contributed by atoms with Gasteiger partial charge in [-0.3, -0.25) is 10.9 Å². The van der Waals surface area contributed by atoms with E-state index in [1.165, 1.54) is 51.4 Å². The molecule has 16 heavy (non-hydrogen) atoms. The zero-order valence-electron chi connectivity index (χ0n) is 10.1. The molecule has 6 unspecified atom stereocenters. The first kappa shape index (κ1) is 9.90. The van der Waals surface area contributed by atoms with E-state index in [9.17, 15) is 0 Å². The van der Waals surface area contributed by atoms with E-state index in [-0.39, 0.29) is 0 Å². The maximum atomic E-state index is 3.69. The topological polar surface area (TPSA) is 24.1 Å². The molecule has 2 nitrogen and oxygen atoms in total. The van der Waals surface area contributed by atoms with Crippen LogP contribution in [0.3, 0.4) is 0 Å². The Kier molecular flexibility index (Phi) is 2.29. The minimum Gasteiger partial charge on any atom is -0.254 e. The lowest BCUT2D eigenvalue weighted by Crippen LogP contribution is -2.50. The van der Waals surface area contributed by atoms with Crippen molar-refractivity contribution >= 4 is 0 Å². The molecule has 0 aliphatic heterocycles. The Hall–Kier alpha value is -0.0800. The summed E-state index contributed by atoms with van der Waals surface area (Å²) in [5, 5.41) is 0. The Morgan fingerprint density at radius 3 is 1.38 bits per heavy atom. The van der Waals surface area contributed by atoms with Gasteiger partial charge in [0.05, 0.1) is 0 Å². The summed E-state index contributed by atoms with van der Waals surface area (Å²) in [6, 6.07) is 1.61. The minimum absolute atomic E-state index is 0.804. The summed E-state index contributed by atoms with van der Waals surface area (Å²) in [7, 11) is 0. The van der Waals surface area contributed by atoms with Gasteiger partial charge in [-0.25, -0.2) is 0 Å². The quantitative estimate of drug-likeness (QED) is 0.714. The molecule has 4 saturated carbocycles. The Morgan fingerprint density at radius 1 is 0.562 bits per heavy atom. The molecule has 0 amide bonds. The van der Waals surface area contributed by atoms with Crippen molar-refractivity contribution in [2.24, 2.45) is 23.7 Å². The van der Waals surface area contributed by atoms with Gasteiger partial charge in [0, 0.05) is 12.1 Å². The second kappa shape index (κ2) is 3.71. The van der Waals surface area contributed by atoms with Crippen LogP contribution in [0.15, 0.2) is 0 Å². The van der Waals surface area contributed by atoms with Crippen LogP contribution in [-0.4, -0.2) is 12.1 Å². The van der Waals surface area contributed by atoms with Gasteiger partial charge in [0.2, 0.25) is 0 Å². The van der Waals surface area contributed by atoms with Crippen LogP contribution in [0.4, 0.5) is 0 Å². The molecule has 2 N–H and O–H groups in total. The summed E-state index contributed by atoms with van der Waals surface area (Å²) in [6.07, 6.45) is 11.9. The van der Waals surface area contributed by atoms with E-state index < -0.39 is 0 Å². The maximum Gasteiger partial charge on any atom is 0.0244 e. The Balaban J connectivity index is 1.30. The highest BCUT2D eigenvalue weighted by atomic mass is 15.4. The first-order valence-electron chi connectivity index (χ1n) is 7.39. The van der Waals surface area contributed by atoms with E-state index in [0.29, 0.717) is 0 Å². The molecule has 0 saturated heterocycles. The van der Waals surface area contributed by atoms with Crippen LogP contribution in [0, 0.1) is 23.7 Å². The number of rotatable bonds is 3. The Labute approximate surface area is 98.5 Å². The lowest BCUT2D eigenvalue weighted by atomic mass is 9.95. The minimum atomic E-state index is 0.804. The molecule has 4 rings (SSSR count). The summed E-state index contributed by atoms with van der Waals surface area (Å²) in [5.41, 5.74) is 7.38. The second-order valence-corrected chi connectivity index (χ2v) is 6.85. The first-order chi connectivity index (χ1) is 7.88. The lowest BCUT2D eigenvalue weighted by molar-refractivity contribution is 0.252. The fraction of sp³-hybridized carbons (Fsp3) is 1.00. The van der Waals surface area contributed by atoms with Crippen LogP contribution in [0.2, 0.25) is 0 Å². The van der Waals surface area contributed by atoms with Crippen LogP contribution in [0.25, 0.3) is 0 Å². The molecule has 2 heteroatoms. The van der Waals surface area contributed by atoms with Crippen LogP contribution in [0.1, 0.15) is 51.4 Å². The van der Waals surface area contributed by atoms with Gasteiger partial charge in [-0.15, -0.1) is 0 Å². The lowest BCUT2D eigenvalue weighted by Gasteiger charge is -2.29. The first-order valence-corrected chi connectivity index (χ1v) is 7.39. The summed E-state index contributed by atoms with van der Waals surface area (Å²) >= 11 is 0. The van der Waals surface area contributed by atoms with Gasteiger partial charge in [0.15, 0.2) is 0 Å². The summed E-state index contributed by atoms with van der Waals surface area (Å²) < 4.78 is 0. The zero-order valence-corrected chi connectivity index (χ0v) is 10.1. The van der Waals surface area contributed by atoms with Gasteiger partial charge in [-0.05, 0) is 62.2 Å². The highest BCUT2D eigenvalue weighted by Crippen LogP contribution is 2.46. The normalized spacial score (nSPS) is 54.0. The molecule has 4 aliphatic carbocycles. The molecular weight excluding hydrogens is 196 g/mol. The van der Waals surface area contributed by atoms with Crippen molar-refractivity contribution in [3.05, 3.63) is 0 Å². The van der Waals surface area contributed by atoms with Crippen molar-refractivity contribution < 1.29 is 0 Å². The van der Waals surface area contributed by atoms with E-state index in [2.05, 4.69) is 10.9 Å². The van der Waals surface area contributed by atoms with Gasteiger partial charge < -0.3 is 0 Å². The van der Waals surface area contributed by atoms with Crippen LogP contribution < -0.4 is 10.9 Å². The average molecular weight is 220 g/mol. The van der Waals surface area contributed by atoms with E-state index in [0.717, 1.165) is 35.8 Å². The van der Waals surface area contributed by atoms with Crippen molar-refractivity contribution in [1.29, 1.82) is 0 Å². The predicted octanol–water partition coefficient (Wildman–Crippen LogP) is 2.46. The third kappa shape index (κ3) is 1.53. The van der Waals surface area contributed by atoms with Crippen molar-refractivity contribution in [1.82, 2.24) is 10.9 Å². The fourth-order valence-corrected chi connectivity index (χ4v) is 5.06. The Morgan fingerprint density at radius 2 is 1.06 bits per heavy atom. The van der Waals surface area contributed by atoms with Gasteiger partial charge in [-0.2, -0.15) is 0 Å². The molecule has 0 aromatic carbocycles. The van der Waals surface area contributed by atoms with Crippen molar-refractivity contribution in [2.75, 3.05) is 0 Å². The van der Waals surface area contributed by atoms with Crippen molar-refractivity contribution in [3.8, 4) is 0 Å². The van der Waals surface area contributed by atoms with Crippen LogP contribution >= 0.6 is 0 Å². The van der Waals surface area contributed by atoms with Crippen LogP contribution in [0.5, 0.6) is 0 Å². The number of hydrazine groups is 1. The SMILES string of the molecule is C1CC2CC1CC2NNC1CC2CCC1C2. The third-order valence-corrected chi connectivity index (χ3v) is 5.93. The summed E-state index contributed by atoms with van der Waals surface area (Å²) in [4.78, 5) is 0. The van der Waals surface area contributed by atoms with E-state index in [4.69, 9.17) is 0 Å². The fourth-order valence-electron chi connectivity index (χ4n) is 5.06. The van der Waals surface area contributed by atoms with E-state index >= 15 is 0 Å². The molecule has 0 heterocycles. The highest BCUT2D eigenvalue weighted by molar-refractivity contribution is 4.96. The predicted molar refractivity (Wildman–Crippen MR) is 64.7 cm³/mol. The molecule has 0 spiro atoms. The number of fused-ring (bicyclic) bond motifs is 4. The van der Waals surface area contributed by atoms with Gasteiger partial charge >= 0.3 is 0 Å². The monoisotopic (exact) mass is 220 g/mol. The number of hydrogen-bond donors (Lipinski definition) is 2. The molecule has 0 radical (unpaired) electrons. The van der Waals surface area contributed by atoms with E-state index in [1.807, 2.05) is 0 Å². The second-order valence-electron chi connectivity index (χ2n) is 6.85. The standard InChI is InChI=1S/C14H24N2/c1-3-11-5-9(1)7-13(11)15-16-14-8-10-2-4-12(14)6-10/h9-16H,1-8H2. The summed E-state index contributed by atoms with van der Waals surface area (Å²) in [5.74, 6) is 4.11. The average Bonchev–Trinajstić information content (AvgIpc) is 3.05. The number of nitrogens with one attached hydrogen (secondary N) is 2. The van der Waals surface area contributed by atoms with Gasteiger partial charge in [0.25, 0.3) is 0 Å². The molecular formula is C14H24N2. The molecule has 4 bridgehead atoms. The molecule has 90 valence electrons. The number of hydrogen-bond acceptors (Lipinski definition) is 2. The molecule has 4 fully saturated rings. The van der Waals surface area contributed by atoms with Crippen LogP contribution in [-0.2, 0) is 0 Å².